The number of pyridine rings is 1. The number of nitrogens with zero attached hydrogens (tertiary/aromatic N) is 1. The van der Waals surface area contributed by atoms with Crippen molar-refractivity contribution < 1.29 is 4.79 Å². The Morgan fingerprint density at radius 3 is 2.67 bits per heavy atom. The van der Waals surface area contributed by atoms with E-state index in [4.69, 9.17) is 5.73 Å². The van der Waals surface area contributed by atoms with Crippen LogP contribution in [0.3, 0.4) is 0 Å². The van der Waals surface area contributed by atoms with Gasteiger partial charge >= 0.3 is 0 Å². The fraction of sp³-hybridized carbons (Fsp3) is 0.0769. The van der Waals surface area contributed by atoms with Crippen LogP contribution in [0.25, 0.3) is 0 Å². The summed E-state index contributed by atoms with van der Waals surface area (Å²) < 4.78 is 0. The van der Waals surface area contributed by atoms with E-state index in [9.17, 15) is 4.79 Å². The van der Waals surface area contributed by atoms with Crippen LogP contribution in [0, 0.1) is 0 Å². The van der Waals surface area contributed by atoms with Gasteiger partial charge in [-0.3, -0.25) is 9.78 Å². The molecule has 1 aromatic heterocycles. The summed E-state index contributed by atoms with van der Waals surface area (Å²) in [5, 5.41) is 5.75. The predicted molar refractivity (Wildman–Crippen MR) is 72.2 cm³/mol. The Balaban J connectivity index is 1.85. The van der Waals surface area contributed by atoms with Crippen molar-refractivity contribution >= 4 is 23.0 Å². The number of nitrogens with two attached hydrogens (primary N) is 1. The summed E-state index contributed by atoms with van der Waals surface area (Å²) in [4.78, 5) is 15.5. The van der Waals surface area contributed by atoms with Crippen molar-refractivity contribution in [3.05, 3.63) is 48.8 Å². The lowest BCUT2D eigenvalue weighted by atomic mass is 10.3. The maximum Gasteiger partial charge on any atom is 0.243 e. The summed E-state index contributed by atoms with van der Waals surface area (Å²) in [5.41, 5.74) is 7.85. The average Bonchev–Trinajstić information content (AvgIpc) is 2.38. The lowest BCUT2D eigenvalue weighted by Crippen LogP contribution is -2.21. The molecule has 0 spiro atoms. The molecule has 1 amide bonds. The van der Waals surface area contributed by atoms with E-state index in [2.05, 4.69) is 15.6 Å². The van der Waals surface area contributed by atoms with E-state index >= 15 is 0 Å². The highest BCUT2D eigenvalue weighted by molar-refractivity contribution is 5.93. The monoisotopic (exact) mass is 242 g/mol. The minimum atomic E-state index is -0.122. The Morgan fingerprint density at radius 2 is 1.94 bits per heavy atom. The van der Waals surface area contributed by atoms with Crippen LogP contribution in [0.5, 0.6) is 0 Å². The van der Waals surface area contributed by atoms with Crippen molar-refractivity contribution in [1.82, 2.24) is 4.98 Å². The van der Waals surface area contributed by atoms with Crippen LogP contribution in [-0.4, -0.2) is 17.4 Å². The molecule has 92 valence electrons. The number of nitrogens with one attached hydrogen (secondary N) is 2. The zero-order valence-corrected chi connectivity index (χ0v) is 9.76. The molecule has 5 heteroatoms. The van der Waals surface area contributed by atoms with Gasteiger partial charge in [0.1, 0.15) is 0 Å². The molecule has 18 heavy (non-hydrogen) atoms. The van der Waals surface area contributed by atoms with Gasteiger partial charge in [0, 0.05) is 29.5 Å². The molecular formula is C13H14N4O. The molecule has 0 bridgehead atoms. The van der Waals surface area contributed by atoms with Gasteiger partial charge < -0.3 is 16.4 Å². The number of nitrogen functional groups attached to an aromatic ring is 1. The first-order chi connectivity index (χ1) is 8.74. The van der Waals surface area contributed by atoms with Crippen molar-refractivity contribution in [2.45, 2.75) is 0 Å². The summed E-state index contributed by atoms with van der Waals surface area (Å²) in [5.74, 6) is -0.122. The first-order valence-corrected chi connectivity index (χ1v) is 5.53. The van der Waals surface area contributed by atoms with E-state index in [1.165, 1.54) is 0 Å². The second kappa shape index (κ2) is 5.67. The standard InChI is InChI=1S/C13H14N4O/c14-10-2-1-3-12(8-10)16-9-13(18)17-11-4-6-15-7-5-11/h1-8,16H,9,14H2,(H,15,17,18). The van der Waals surface area contributed by atoms with Crippen LogP contribution in [0.2, 0.25) is 0 Å². The summed E-state index contributed by atoms with van der Waals surface area (Å²) >= 11 is 0. The molecule has 0 unspecified atom stereocenters. The minimum Gasteiger partial charge on any atom is -0.399 e. The third kappa shape index (κ3) is 3.48. The molecule has 0 fully saturated rings. The van der Waals surface area contributed by atoms with E-state index in [0.717, 1.165) is 11.4 Å². The quantitative estimate of drug-likeness (QED) is 0.713. The van der Waals surface area contributed by atoms with E-state index in [1.807, 2.05) is 12.1 Å². The Morgan fingerprint density at radius 1 is 1.17 bits per heavy atom. The fourth-order valence-corrected chi connectivity index (χ4v) is 1.47. The molecule has 0 aliphatic heterocycles. The van der Waals surface area contributed by atoms with Gasteiger partial charge in [-0.05, 0) is 30.3 Å². The summed E-state index contributed by atoms with van der Waals surface area (Å²) in [7, 11) is 0. The lowest BCUT2D eigenvalue weighted by molar-refractivity contribution is -0.114. The van der Waals surface area contributed by atoms with Crippen LogP contribution in [0.4, 0.5) is 17.1 Å². The smallest absolute Gasteiger partial charge is 0.243 e. The van der Waals surface area contributed by atoms with Gasteiger partial charge in [0.15, 0.2) is 0 Å². The molecular weight excluding hydrogens is 228 g/mol. The highest BCUT2D eigenvalue weighted by Gasteiger charge is 2.01. The molecule has 0 saturated heterocycles. The normalized spacial score (nSPS) is 9.78. The fourth-order valence-electron chi connectivity index (χ4n) is 1.47. The molecule has 2 aromatic rings. The van der Waals surface area contributed by atoms with Crippen molar-refractivity contribution in [3.63, 3.8) is 0 Å². The molecule has 1 aromatic carbocycles. The first-order valence-electron chi connectivity index (χ1n) is 5.53. The second-order valence-corrected chi connectivity index (χ2v) is 3.76. The van der Waals surface area contributed by atoms with Crippen molar-refractivity contribution in [3.8, 4) is 0 Å². The summed E-state index contributed by atoms with van der Waals surface area (Å²) in [6.07, 6.45) is 3.25. The highest BCUT2D eigenvalue weighted by atomic mass is 16.1. The number of carbonyl (C=O) groups is 1. The number of amides is 1. The van der Waals surface area contributed by atoms with Gasteiger partial charge in [-0.1, -0.05) is 6.07 Å². The number of rotatable bonds is 4. The Labute approximate surface area is 105 Å². The molecule has 4 N–H and O–H groups in total. The van der Waals surface area contributed by atoms with Crippen molar-refractivity contribution in [2.75, 3.05) is 22.9 Å². The third-order valence-corrected chi connectivity index (χ3v) is 2.30. The molecule has 0 saturated carbocycles. The van der Waals surface area contributed by atoms with E-state index in [0.29, 0.717) is 5.69 Å². The third-order valence-electron chi connectivity index (χ3n) is 2.30. The number of carbonyl (C=O) groups excluding carboxylic acids is 1. The maximum absolute atomic E-state index is 11.6. The molecule has 2 rings (SSSR count). The summed E-state index contributed by atoms with van der Waals surface area (Å²) in [6, 6.07) is 10.7. The van der Waals surface area contributed by atoms with Crippen LogP contribution in [0.15, 0.2) is 48.8 Å². The molecule has 0 aliphatic rings. The Hall–Kier alpha value is -2.56. The highest BCUT2D eigenvalue weighted by Crippen LogP contribution is 2.11. The second-order valence-electron chi connectivity index (χ2n) is 3.76. The average molecular weight is 242 g/mol. The number of hydrogen-bond donors (Lipinski definition) is 3. The zero-order valence-electron chi connectivity index (χ0n) is 9.76. The predicted octanol–water partition coefficient (Wildman–Crippen LogP) is 1.71. The van der Waals surface area contributed by atoms with Gasteiger partial charge in [-0.2, -0.15) is 0 Å². The number of anilines is 3. The van der Waals surface area contributed by atoms with Gasteiger partial charge in [-0.15, -0.1) is 0 Å². The number of hydrogen-bond acceptors (Lipinski definition) is 4. The molecule has 0 atom stereocenters. The van der Waals surface area contributed by atoms with Gasteiger partial charge in [-0.25, -0.2) is 0 Å². The summed E-state index contributed by atoms with van der Waals surface area (Å²) in [6.45, 7) is 0.186. The SMILES string of the molecule is Nc1cccc(NCC(=O)Nc2ccncc2)c1. The Kier molecular flexibility index (Phi) is 3.76. The minimum absolute atomic E-state index is 0.122. The van der Waals surface area contributed by atoms with E-state index < -0.39 is 0 Å². The molecule has 0 radical (unpaired) electrons. The Bertz CT molecular complexity index is 528. The number of benzene rings is 1. The van der Waals surface area contributed by atoms with Gasteiger partial charge in [0.05, 0.1) is 6.54 Å². The largest absolute Gasteiger partial charge is 0.399 e. The zero-order chi connectivity index (χ0) is 12.8. The van der Waals surface area contributed by atoms with Gasteiger partial charge in [0.2, 0.25) is 5.91 Å². The van der Waals surface area contributed by atoms with Crippen molar-refractivity contribution in [1.29, 1.82) is 0 Å². The number of aromatic nitrogens is 1. The van der Waals surface area contributed by atoms with Crippen LogP contribution >= 0.6 is 0 Å². The van der Waals surface area contributed by atoms with E-state index in [-0.39, 0.29) is 12.5 Å². The van der Waals surface area contributed by atoms with Crippen LogP contribution < -0.4 is 16.4 Å². The van der Waals surface area contributed by atoms with Crippen LogP contribution in [-0.2, 0) is 4.79 Å². The lowest BCUT2D eigenvalue weighted by Gasteiger charge is -2.07. The van der Waals surface area contributed by atoms with E-state index in [1.54, 1.807) is 36.7 Å². The molecule has 5 nitrogen and oxygen atoms in total. The van der Waals surface area contributed by atoms with Crippen molar-refractivity contribution in [2.24, 2.45) is 0 Å². The van der Waals surface area contributed by atoms with Crippen LogP contribution in [0.1, 0.15) is 0 Å². The topological polar surface area (TPSA) is 80.0 Å². The molecule has 1 heterocycles. The maximum atomic E-state index is 11.6. The first kappa shape index (κ1) is 11.9. The molecule has 0 aliphatic carbocycles. The van der Waals surface area contributed by atoms with Gasteiger partial charge in [0.25, 0.3) is 0 Å².